The number of nitrogens with zero attached hydrogens (tertiary/aromatic N) is 1. The molecule has 1 aliphatic heterocycles. The highest BCUT2D eigenvalue weighted by Gasteiger charge is 2.43. The minimum absolute atomic E-state index is 0.107. The van der Waals surface area contributed by atoms with Gasteiger partial charge in [-0.25, -0.2) is 8.42 Å². The van der Waals surface area contributed by atoms with Crippen LogP contribution in [0.25, 0.3) is 0 Å². The Balaban J connectivity index is 2.10. The predicted octanol–water partition coefficient (Wildman–Crippen LogP) is -0.241. The third kappa shape index (κ3) is 1.60. The Hall–Kier alpha value is -0.130. The van der Waals surface area contributed by atoms with Crippen LogP contribution in [0.3, 0.4) is 0 Å². The van der Waals surface area contributed by atoms with Crippen molar-refractivity contribution in [3.05, 3.63) is 0 Å². The van der Waals surface area contributed by atoms with Crippen LogP contribution < -0.4 is 5.73 Å². The largest absolute Gasteiger partial charge is 0.329 e. The lowest BCUT2D eigenvalue weighted by Crippen LogP contribution is -2.40. The van der Waals surface area contributed by atoms with Crippen molar-refractivity contribution in [3.8, 4) is 0 Å². The van der Waals surface area contributed by atoms with E-state index in [4.69, 9.17) is 5.73 Å². The smallest absolute Gasteiger partial charge is 0.215 e. The standard InChI is InChI=1S/C8H16N2O2S/c9-3-4-13(11,12)10-6-7-1-2-8(10)5-7/h7-8H,1-6,9H2. The Morgan fingerprint density at radius 3 is 2.62 bits per heavy atom. The fourth-order valence-corrected chi connectivity index (χ4v) is 4.10. The summed E-state index contributed by atoms with van der Waals surface area (Å²) in [5.41, 5.74) is 5.27. The molecule has 1 saturated carbocycles. The Morgan fingerprint density at radius 1 is 1.38 bits per heavy atom. The van der Waals surface area contributed by atoms with E-state index < -0.39 is 10.0 Å². The van der Waals surface area contributed by atoms with Crippen LogP contribution in [0, 0.1) is 5.92 Å². The molecule has 5 heteroatoms. The number of sulfonamides is 1. The molecule has 76 valence electrons. The second-order valence-corrected chi connectivity index (χ2v) is 6.05. The Kier molecular flexibility index (Phi) is 2.33. The molecule has 2 fully saturated rings. The lowest BCUT2D eigenvalue weighted by Gasteiger charge is -2.25. The molecule has 0 radical (unpaired) electrons. The first kappa shape index (κ1) is 9.43. The summed E-state index contributed by atoms with van der Waals surface area (Å²) in [5.74, 6) is 0.730. The van der Waals surface area contributed by atoms with E-state index in [1.165, 1.54) is 6.42 Å². The molecule has 0 aromatic rings. The van der Waals surface area contributed by atoms with Crippen LogP contribution in [-0.2, 0) is 10.0 Å². The van der Waals surface area contributed by atoms with Crippen LogP contribution in [0.15, 0.2) is 0 Å². The van der Waals surface area contributed by atoms with E-state index in [2.05, 4.69) is 0 Å². The molecule has 2 unspecified atom stereocenters. The van der Waals surface area contributed by atoms with Gasteiger partial charge in [0, 0.05) is 19.1 Å². The Labute approximate surface area is 79.1 Å². The highest BCUT2D eigenvalue weighted by molar-refractivity contribution is 7.89. The van der Waals surface area contributed by atoms with E-state index in [1.54, 1.807) is 4.31 Å². The molecule has 0 spiro atoms. The summed E-state index contributed by atoms with van der Waals surface area (Å²) in [6, 6.07) is 0.293. The summed E-state index contributed by atoms with van der Waals surface area (Å²) in [5, 5.41) is 0. The molecule has 4 nitrogen and oxygen atoms in total. The fraction of sp³-hybridized carbons (Fsp3) is 1.00. The Bertz CT molecular complexity index is 289. The second kappa shape index (κ2) is 3.22. The summed E-state index contributed by atoms with van der Waals surface area (Å²) in [6.07, 6.45) is 3.33. The van der Waals surface area contributed by atoms with Crippen molar-refractivity contribution in [2.24, 2.45) is 11.7 Å². The quantitative estimate of drug-likeness (QED) is 0.690. The van der Waals surface area contributed by atoms with Crippen LogP contribution in [0.4, 0.5) is 0 Å². The van der Waals surface area contributed by atoms with Crippen molar-refractivity contribution in [3.63, 3.8) is 0 Å². The third-order valence-corrected chi connectivity index (χ3v) is 5.01. The maximum absolute atomic E-state index is 11.7. The first-order chi connectivity index (χ1) is 6.13. The molecule has 13 heavy (non-hydrogen) atoms. The van der Waals surface area contributed by atoms with Crippen molar-refractivity contribution in [2.75, 3.05) is 18.8 Å². The highest BCUT2D eigenvalue weighted by atomic mass is 32.2. The van der Waals surface area contributed by atoms with E-state index in [0.29, 0.717) is 12.0 Å². The van der Waals surface area contributed by atoms with Crippen molar-refractivity contribution in [2.45, 2.75) is 25.3 Å². The van der Waals surface area contributed by atoms with Crippen LogP contribution in [0.1, 0.15) is 19.3 Å². The van der Waals surface area contributed by atoms with E-state index in [9.17, 15) is 8.42 Å². The van der Waals surface area contributed by atoms with Crippen molar-refractivity contribution in [1.82, 2.24) is 4.31 Å². The first-order valence-corrected chi connectivity index (χ1v) is 6.44. The topological polar surface area (TPSA) is 63.4 Å². The first-order valence-electron chi connectivity index (χ1n) is 4.83. The van der Waals surface area contributed by atoms with Gasteiger partial charge in [0.15, 0.2) is 0 Å². The molecule has 2 rings (SSSR count). The number of fused-ring (bicyclic) bond motifs is 2. The van der Waals surface area contributed by atoms with Gasteiger partial charge in [0.2, 0.25) is 10.0 Å². The lowest BCUT2D eigenvalue weighted by molar-refractivity contribution is 0.333. The number of nitrogens with two attached hydrogens (primary N) is 1. The predicted molar refractivity (Wildman–Crippen MR) is 50.7 cm³/mol. The fourth-order valence-electron chi connectivity index (χ4n) is 2.49. The van der Waals surface area contributed by atoms with E-state index in [-0.39, 0.29) is 12.3 Å². The average Bonchev–Trinajstić information content (AvgIpc) is 2.63. The van der Waals surface area contributed by atoms with Gasteiger partial charge < -0.3 is 5.73 Å². The van der Waals surface area contributed by atoms with E-state index in [0.717, 1.165) is 19.4 Å². The maximum atomic E-state index is 11.7. The van der Waals surface area contributed by atoms with Crippen LogP contribution >= 0.6 is 0 Å². The molecule has 2 aliphatic rings. The summed E-state index contributed by atoms with van der Waals surface area (Å²) in [4.78, 5) is 0. The zero-order valence-corrected chi connectivity index (χ0v) is 8.46. The van der Waals surface area contributed by atoms with Crippen LogP contribution in [0.5, 0.6) is 0 Å². The monoisotopic (exact) mass is 204 g/mol. The van der Waals surface area contributed by atoms with Crippen molar-refractivity contribution in [1.29, 1.82) is 0 Å². The number of hydrogen-bond acceptors (Lipinski definition) is 3. The molecule has 2 bridgehead atoms. The number of hydrogen-bond donors (Lipinski definition) is 1. The minimum Gasteiger partial charge on any atom is -0.329 e. The molecule has 1 saturated heterocycles. The normalized spacial score (nSPS) is 34.2. The minimum atomic E-state index is -3.03. The van der Waals surface area contributed by atoms with Gasteiger partial charge in [-0.1, -0.05) is 0 Å². The summed E-state index contributed by atoms with van der Waals surface area (Å²) >= 11 is 0. The molecule has 0 aromatic heterocycles. The maximum Gasteiger partial charge on any atom is 0.215 e. The summed E-state index contributed by atoms with van der Waals surface area (Å²) in [7, 11) is -3.03. The third-order valence-electron chi connectivity index (χ3n) is 3.09. The highest BCUT2D eigenvalue weighted by Crippen LogP contribution is 2.38. The lowest BCUT2D eigenvalue weighted by atomic mass is 10.1. The summed E-state index contributed by atoms with van der Waals surface area (Å²) < 4.78 is 25.0. The van der Waals surface area contributed by atoms with E-state index in [1.807, 2.05) is 0 Å². The SMILES string of the molecule is NCCS(=O)(=O)N1CC2CCC1C2. The molecular weight excluding hydrogens is 188 g/mol. The second-order valence-electron chi connectivity index (χ2n) is 4.01. The van der Waals surface area contributed by atoms with Crippen molar-refractivity contribution < 1.29 is 8.42 Å². The van der Waals surface area contributed by atoms with Crippen LogP contribution in [0.2, 0.25) is 0 Å². The molecule has 1 heterocycles. The van der Waals surface area contributed by atoms with Gasteiger partial charge >= 0.3 is 0 Å². The molecule has 2 atom stereocenters. The van der Waals surface area contributed by atoms with Gasteiger partial charge in [0.1, 0.15) is 0 Å². The van der Waals surface area contributed by atoms with Gasteiger partial charge in [-0.15, -0.1) is 0 Å². The van der Waals surface area contributed by atoms with Gasteiger partial charge in [-0.2, -0.15) is 4.31 Å². The zero-order valence-electron chi connectivity index (χ0n) is 7.65. The Morgan fingerprint density at radius 2 is 2.15 bits per heavy atom. The molecule has 0 aromatic carbocycles. The van der Waals surface area contributed by atoms with Gasteiger partial charge in [-0.05, 0) is 25.2 Å². The number of piperidine rings is 1. The van der Waals surface area contributed by atoms with Gasteiger partial charge in [0.25, 0.3) is 0 Å². The number of rotatable bonds is 3. The van der Waals surface area contributed by atoms with E-state index >= 15 is 0 Å². The molecule has 2 N–H and O–H groups in total. The molecule has 0 amide bonds. The average molecular weight is 204 g/mol. The van der Waals surface area contributed by atoms with Gasteiger partial charge in [-0.3, -0.25) is 0 Å². The molecule has 1 aliphatic carbocycles. The van der Waals surface area contributed by atoms with Gasteiger partial charge in [0.05, 0.1) is 5.75 Å². The van der Waals surface area contributed by atoms with Crippen LogP contribution in [-0.4, -0.2) is 37.6 Å². The zero-order chi connectivity index (χ0) is 9.47. The molecular formula is C8H16N2O2S. The summed E-state index contributed by atoms with van der Waals surface area (Å²) in [6.45, 7) is 0.975. The van der Waals surface area contributed by atoms with Crippen molar-refractivity contribution >= 4 is 10.0 Å².